The van der Waals surface area contributed by atoms with Crippen molar-refractivity contribution in [2.75, 3.05) is 0 Å². The molecule has 0 radical (unpaired) electrons. The van der Waals surface area contributed by atoms with Crippen LogP contribution in [-0.4, -0.2) is 5.78 Å². The number of ketones is 1. The molecule has 2 saturated carbocycles. The van der Waals surface area contributed by atoms with E-state index in [0.29, 0.717) is 11.7 Å². The summed E-state index contributed by atoms with van der Waals surface area (Å²) >= 11 is -0.0703. The highest BCUT2D eigenvalue weighted by atomic mass is 127. The number of rotatable bonds is 2. The molecule has 2 aromatic carbocycles. The SMILES string of the molecule is CC(C)(C)c1ccc([I+]c2ccc(C(C)(C)C)cc2)cc1.CC12CCC(CC1=O)C2(C)C.I. The Balaban J connectivity index is 0.000000270. The van der Waals surface area contributed by atoms with E-state index >= 15 is 0 Å². The Kier molecular flexibility index (Phi) is 8.97. The van der Waals surface area contributed by atoms with E-state index in [-0.39, 0.29) is 66.8 Å². The second-order valence-electron chi connectivity index (χ2n) is 12.5. The van der Waals surface area contributed by atoms with Crippen LogP contribution < -0.4 is 21.2 Å². The van der Waals surface area contributed by atoms with E-state index < -0.39 is 0 Å². The normalized spacial score (nSPS) is 23.5. The number of hydrogen-bond acceptors (Lipinski definition) is 1. The fourth-order valence-corrected chi connectivity index (χ4v) is 7.21. The number of benzene rings is 2. The summed E-state index contributed by atoms with van der Waals surface area (Å²) in [5, 5.41) is 0. The fraction of sp³-hybridized carbons (Fsp3) is 0.567. The van der Waals surface area contributed by atoms with Gasteiger partial charge in [-0.2, -0.15) is 0 Å². The molecule has 2 aliphatic rings. The molecule has 0 aliphatic heterocycles. The van der Waals surface area contributed by atoms with Gasteiger partial charge < -0.3 is 0 Å². The highest BCUT2D eigenvalue weighted by Crippen LogP contribution is 2.63. The van der Waals surface area contributed by atoms with Crippen LogP contribution in [0.3, 0.4) is 0 Å². The van der Waals surface area contributed by atoms with E-state index in [1.165, 1.54) is 24.7 Å². The summed E-state index contributed by atoms with van der Waals surface area (Å²) in [6, 6.07) is 18.4. The lowest BCUT2D eigenvalue weighted by Gasteiger charge is -2.32. The molecular formula is C30H43I2O+. The number of carbonyl (C=O) groups is 1. The minimum atomic E-state index is -0.0703. The van der Waals surface area contributed by atoms with Crippen LogP contribution in [0.2, 0.25) is 0 Å². The van der Waals surface area contributed by atoms with Crippen molar-refractivity contribution in [3.63, 3.8) is 0 Å². The number of halogens is 2. The van der Waals surface area contributed by atoms with Gasteiger partial charge in [-0.1, -0.05) is 86.6 Å². The van der Waals surface area contributed by atoms with Gasteiger partial charge in [0, 0.05) is 11.8 Å². The molecule has 0 saturated heterocycles. The van der Waals surface area contributed by atoms with Crippen LogP contribution in [0.4, 0.5) is 0 Å². The van der Waals surface area contributed by atoms with Crippen LogP contribution in [-0.2, 0) is 15.6 Å². The summed E-state index contributed by atoms with van der Waals surface area (Å²) in [6.07, 6.45) is 3.25. The van der Waals surface area contributed by atoms with Gasteiger partial charge in [-0.15, -0.1) is 24.0 Å². The molecular weight excluding hydrogens is 630 g/mol. The lowest BCUT2D eigenvalue weighted by atomic mass is 9.70. The van der Waals surface area contributed by atoms with Gasteiger partial charge in [0.25, 0.3) is 0 Å². The number of carbonyl (C=O) groups excluding carboxylic acids is 1. The van der Waals surface area contributed by atoms with Crippen LogP contribution in [0.25, 0.3) is 0 Å². The summed E-state index contributed by atoms with van der Waals surface area (Å²) in [6.45, 7) is 20.3. The van der Waals surface area contributed by atoms with E-state index in [4.69, 9.17) is 0 Å². The number of fused-ring (bicyclic) bond motifs is 2. The molecule has 4 rings (SSSR count). The zero-order chi connectivity index (χ0) is 23.9. The molecule has 2 unspecified atom stereocenters. The highest BCUT2D eigenvalue weighted by molar-refractivity contribution is 14.0. The van der Waals surface area contributed by atoms with Gasteiger partial charge in [0.2, 0.25) is 0 Å². The van der Waals surface area contributed by atoms with Crippen molar-refractivity contribution in [2.45, 2.75) is 92.4 Å². The van der Waals surface area contributed by atoms with Gasteiger partial charge in [-0.05, 0) is 70.4 Å². The third-order valence-corrected chi connectivity index (χ3v) is 10.8. The van der Waals surface area contributed by atoms with Crippen LogP contribution in [0.1, 0.15) is 92.7 Å². The molecule has 0 amide bonds. The van der Waals surface area contributed by atoms with E-state index in [0.717, 1.165) is 12.8 Å². The molecule has 2 atom stereocenters. The highest BCUT2D eigenvalue weighted by Gasteiger charge is 2.61. The maximum absolute atomic E-state index is 11.6. The average Bonchev–Trinajstić information content (AvgIpc) is 3.01. The van der Waals surface area contributed by atoms with E-state index in [9.17, 15) is 4.79 Å². The quantitative estimate of drug-likeness (QED) is 0.389. The van der Waals surface area contributed by atoms with Crippen molar-refractivity contribution >= 4 is 29.8 Å². The standard InChI is InChI=1S/C20H26I.C10H16O.HI/c1-19(2,3)15-7-11-17(12-8-15)21-18-13-9-16(10-14-18)20(4,5)6;1-9(2)7-4-5-10(9,3)8(11)6-7;/h7-14H,1-6H3;7H,4-6H2,1-3H3;1H/q+1;;. The van der Waals surface area contributed by atoms with E-state index in [1.807, 2.05) is 0 Å². The molecule has 0 heterocycles. The Hall–Kier alpha value is -0.430. The molecule has 0 aromatic heterocycles. The van der Waals surface area contributed by atoms with Crippen LogP contribution >= 0.6 is 24.0 Å². The van der Waals surface area contributed by atoms with Crippen molar-refractivity contribution in [3.8, 4) is 0 Å². The van der Waals surface area contributed by atoms with Gasteiger partial charge in [0.05, 0.1) is 0 Å². The molecule has 2 aromatic rings. The summed E-state index contributed by atoms with van der Waals surface area (Å²) in [5.41, 5.74) is 3.62. The van der Waals surface area contributed by atoms with Crippen molar-refractivity contribution in [3.05, 3.63) is 66.8 Å². The number of hydrogen-bond donors (Lipinski definition) is 0. The fourth-order valence-electron chi connectivity index (χ4n) is 5.05. The molecule has 2 fully saturated rings. The first-order chi connectivity index (χ1) is 14.6. The Morgan fingerprint density at radius 1 is 0.758 bits per heavy atom. The molecule has 2 aliphatic carbocycles. The summed E-state index contributed by atoms with van der Waals surface area (Å²) in [4.78, 5) is 11.6. The van der Waals surface area contributed by atoms with E-state index in [2.05, 4.69) is 111 Å². The van der Waals surface area contributed by atoms with Crippen molar-refractivity contribution < 1.29 is 26.0 Å². The van der Waals surface area contributed by atoms with Crippen LogP contribution in [0.5, 0.6) is 0 Å². The molecule has 3 heteroatoms. The lowest BCUT2D eigenvalue weighted by Crippen LogP contribution is -3.61. The number of Topliss-reactive ketones (excluding diaryl/α,β-unsaturated/α-hetero) is 1. The largest absolute Gasteiger partial charge is 0.357 e. The van der Waals surface area contributed by atoms with Crippen molar-refractivity contribution in [1.82, 2.24) is 0 Å². The first kappa shape index (κ1) is 28.8. The third-order valence-electron chi connectivity index (χ3n) is 8.12. The predicted molar refractivity (Wildman–Crippen MR) is 147 cm³/mol. The summed E-state index contributed by atoms with van der Waals surface area (Å²) < 4.78 is 2.98. The minimum absolute atomic E-state index is 0. The molecule has 182 valence electrons. The molecule has 0 spiro atoms. The predicted octanol–water partition coefficient (Wildman–Crippen LogP) is 5.43. The zero-order valence-electron chi connectivity index (χ0n) is 22.0. The zero-order valence-corrected chi connectivity index (χ0v) is 26.5. The van der Waals surface area contributed by atoms with Crippen molar-refractivity contribution in [1.29, 1.82) is 0 Å². The molecule has 33 heavy (non-hydrogen) atoms. The first-order valence-corrected chi connectivity index (χ1v) is 14.2. The molecule has 2 bridgehead atoms. The summed E-state index contributed by atoms with van der Waals surface area (Å²) in [5.74, 6) is 1.19. The Morgan fingerprint density at radius 2 is 1.15 bits per heavy atom. The van der Waals surface area contributed by atoms with Gasteiger partial charge in [-0.25, -0.2) is 0 Å². The van der Waals surface area contributed by atoms with Crippen LogP contribution in [0.15, 0.2) is 48.5 Å². The lowest BCUT2D eigenvalue weighted by molar-refractivity contribution is -0.597. The maximum Gasteiger partial charge on any atom is 0.357 e. The Morgan fingerprint density at radius 3 is 1.36 bits per heavy atom. The van der Waals surface area contributed by atoms with Crippen molar-refractivity contribution in [2.24, 2.45) is 16.7 Å². The van der Waals surface area contributed by atoms with Gasteiger partial charge >= 0.3 is 21.2 Å². The third kappa shape index (κ3) is 6.23. The van der Waals surface area contributed by atoms with Gasteiger partial charge in [-0.3, -0.25) is 4.79 Å². The van der Waals surface area contributed by atoms with Crippen LogP contribution in [0, 0.1) is 23.9 Å². The topological polar surface area (TPSA) is 17.1 Å². The van der Waals surface area contributed by atoms with E-state index in [1.54, 1.807) is 0 Å². The Labute approximate surface area is 230 Å². The molecule has 1 nitrogen and oxygen atoms in total. The smallest absolute Gasteiger partial charge is 0.299 e. The second-order valence-corrected chi connectivity index (χ2v) is 15.6. The van der Waals surface area contributed by atoms with Gasteiger partial charge in [0.15, 0.2) is 7.14 Å². The Bertz CT molecular complexity index is 887. The molecule has 0 N–H and O–H groups in total. The minimum Gasteiger partial charge on any atom is -0.299 e. The average molecular weight is 673 g/mol. The maximum atomic E-state index is 11.6. The monoisotopic (exact) mass is 673 g/mol. The van der Waals surface area contributed by atoms with Gasteiger partial charge in [0.1, 0.15) is 5.78 Å². The second kappa shape index (κ2) is 10.3. The summed E-state index contributed by atoms with van der Waals surface area (Å²) in [7, 11) is 0. The first-order valence-electron chi connectivity index (χ1n) is 12.0.